The van der Waals surface area contributed by atoms with Crippen LogP contribution in [0.25, 0.3) is 0 Å². The molecule has 1 saturated heterocycles. The van der Waals surface area contributed by atoms with Crippen molar-refractivity contribution in [2.24, 2.45) is 0 Å². The molecule has 1 fully saturated rings. The van der Waals surface area contributed by atoms with Crippen LogP contribution in [0.5, 0.6) is 0 Å². The van der Waals surface area contributed by atoms with E-state index in [4.69, 9.17) is 0 Å². The lowest BCUT2D eigenvalue weighted by molar-refractivity contribution is 0.0943. The van der Waals surface area contributed by atoms with Crippen molar-refractivity contribution in [1.29, 1.82) is 0 Å². The van der Waals surface area contributed by atoms with Gasteiger partial charge in [0.25, 0.3) is 11.8 Å². The Bertz CT molecular complexity index is 749. The SMILES string of the molecule is CNC(=O)c1cccc(CNC(=O)c2ccn(C3CCCNC3)n2)c1. The number of nitrogens with zero attached hydrogens (tertiary/aromatic N) is 2. The molecule has 0 radical (unpaired) electrons. The van der Waals surface area contributed by atoms with Crippen molar-refractivity contribution in [3.8, 4) is 0 Å². The highest BCUT2D eigenvalue weighted by molar-refractivity contribution is 5.94. The van der Waals surface area contributed by atoms with Crippen molar-refractivity contribution in [1.82, 2.24) is 25.7 Å². The Hall–Kier alpha value is -2.67. The molecule has 1 aliphatic heterocycles. The van der Waals surface area contributed by atoms with Crippen LogP contribution in [0, 0.1) is 0 Å². The second-order valence-electron chi connectivity index (χ2n) is 6.14. The summed E-state index contributed by atoms with van der Waals surface area (Å²) in [5.74, 6) is -0.360. The van der Waals surface area contributed by atoms with E-state index in [-0.39, 0.29) is 11.8 Å². The molecule has 1 aromatic heterocycles. The minimum absolute atomic E-state index is 0.145. The molecular weight excluding hydrogens is 318 g/mol. The van der Waals surface area contributed by atoms with Gasteiger partial charge in [0.05, 0.1) is 6.04 Å². The van der Waals surface area contributed by atoms with E-state index in [1.54, 1.807) is 31.3 Å². The quantitative estimate of drug-likeness (QED) is 0.760. The van der Waals surface area contributed by atoms with Crippen molar-refractivity contribution in [3.63, 3.8) is 0 Å². The Morgan fingerprint density at radius 1 is 1.32 bits per heavy atom. The molecule has 1 atom stereocenters. The first-order valence-corrected chi connectivity index (χ1v) is 8.52. The van der Waals surface area contributed by atoms with E-state index in [1.165, 1.54) is 0 Å². The molecule has 25 heavy (non-hydrogen) atoms. The molecule has 3 rings (SSSR count). The molecular formula is C18H23N5O2. The average Bonchev–Trinajstić information content (AvgIpc) is 3.17. The number of rotatable bonds is 5. The van der Waals surface area contributed by atoms with E-state index >= 15 is 0 Å². The van der Waals surface area contributed by atoms with Gasteiger partial charge in [-0.25, -0.2) is 0 Å². The van der Waals surface area contributed by atoms with Gasteiger partial charge >= 0.3 is 0 Å². The first kappa shape index (κ1) is 17.2. The van der Waals surface area contributed by atoms with Crippen LogP contribution in [-0.2, 0) is 6.54 Å². The number of hydrogen-bond donors (Lipinski definition) is 3. The predicted octanol–water partition coefficient (Wildman–Crippen LogP) is 1.10. The van der Waals surface area contributed by atoms with Crippen LogP contribution in [0.4, 0.5) is 0 Å². The average molecular weight is 341 g/mol. The van der Waals surface area contributed by atoms with E-state index in [9.17, 15) is 9.59 Å². The Labute approximate surface area is 146 Å². The van der Waals surface area contributed by atoms with Gasteiger partial charge in [-0.3, -0.25) is 14.3 Å². The summed E-state index contributed by atoms with van der Waals surface area (Å²) in [6.45, 7) is 2.27. The summed E-state index contributed by atoms with van der Waals surface area (Å²) >= 11 is 0. The van der Waals surface area contributed by atoms with E-state index in [0.717, 1.165) is 31.5 Å². The lowest BCUT2D eigenvalue weighted by Crippen LogP contribution is -2.32. The summed E-state index contributed by atoms with van der Waals surface area (Å²) in [7, 11) is 1.59. The fourth-order valence-corrected chi connectivity index (χ4v) is 2.96. The Morgan fingerprint density at radius 3 is 2.96 bits per heavy atom. The van der Waals surface area contributed by atoms with Crippen molar-refractivity contribution in [2.45, 2.75) is 25.4 Å². The predicted molar refractivity (Wildman–Crippen MR) is 94.4 cm³/mol. The smallest absolute Gasteiger partial charge is 0.272 e. The highest BCUT2D eigenvalue weighted by Gasteiger charge is 2.17. The fraction of sp³-hybridized carbons (Fsp3) is 0.389. The molecule has 0 bridgehead atoms. The van der Waals surface area contributed by atoms with Crippen LogP contribution in [0.2, 0.25) is 0 Å². The maximum atomic E-state index is 12.3. The van der Waals surface area contributed by atoms with E-state index < -0.39 is 0 Å². The van der Waals surface area contributed by atoms with Crippen molar-refractivity contribution >= 4 is 11.8 Å². The van der Waals surface area contributed by atoms with Crippen molar-refractivity contribution < 1.29 is 9.59 Å². The zero-order chi connectivity index (χ0) is 17.6. The molecule has 2 amide bonds. The molecule has 0 spiro atoms. The molecule has 132 valence electrons. The zero-order valence-corrected chi connectivity index (χ0v) is 14.3. The topological polar surface area (TPSA) is 88.0 Å². The minimum atomic E-state index is -0.215. The number of carbonyl (C=O) groups is 2. The molecule has 3 N–H and O–H groups in total. The first-order chi connectivity index (χ1) is 12.2. The number of hydrogen-bond acceptors (Lipinski definition) is 4. The van der Waals surface area contributed by atoms with Crippen LogP contribution in [-0.4, -0.2) is 41.7 Å². The van der Waals surface area contributed by atoms with Gasteiger partial charge in [-0.1, -0.05) is 12.1 Å². The normalized spacial score (nSPS) is 17.1. The molecule has 0 saturated carbocycles. The minimum Gasteiger partial charge on any atom is -0.355 e. The molecule has 2 aromatic rings. The van der Waals surface area contributed by atoms with Gasteiger partial charge in [0, 0.05) is 31.9 Å². The molecule has 0 aliphatic carbocycles. The maximum absolute atomic E-state index is 12.3. The molecule has 1 aromatic carbocycles. The Morgan fingerprint density at radius 2 is 2.20 bits per heavy atom. The van der Waals surface area contributed by atoms with E-state index in [2.05, 4.69) is 21.0 Å². The highest BCUT2D eigenvalue weighted by atomic mass is 16.2. The highest BCUT2D eigenvalue weighted by Crippen LogP contribution is 2.15. The van der Waals surface area contributed by atoms with Gasteiger partial charge in [0.15, 0.2) is 0 Å². The lowest BCUT2D eigenvalue weighted by Gasteiger charge is -2.22. The van der Waals surface area contributed by atoms with Gasteiger partial charge in [-0.05, 0) is 43.1 Å². The summed E-state index contributed by atoms with van der Waals surface area (Å²) < 4.78 is 1.87. The van der Waals surface area contributed by atoms with Gasteiger partial charge < -0.3 is 16.0 Å². The third kappa shape index (κ3) is 4.24. The molecule has 1 unspecified atom stereocenters. The third-order valence-corrected chi connectivity index (χ3v) is 4.36. The summed E-state index contributed by atoms with van der Waals surface area (Å²) in [5, 5.41) is 13.2. The van der Waals surface area contributed by atoms with Crippen molar-refractivity contribution in [3.05, 3.63) is 53.3 Å². The Balaban J connectivity index is 1.59. The van der Waals surface area contributed by atoms with Crippen LogP contribution < -0.4 is 16.0 Å². The maximum Gasteiger partial charge on any atom is 0.272 e. The first-order valence-electron chi connectivity index (χ1n) is 8.52. The van der Waals surface area contributed by atoms with Gasteiger partial charge in [-0.2, -0.15) is 5.10 Å². The standard InChI is InChI=1S/C18H23N5O2/c1-19-17(24)14-5-2-4-13(10-14)11-21-18(25)16-7-9-23(22-16)15-6-3-8-20-12-15/h2,4-5,7,9-10,15,20H,3,6,8,11-12H2,1H3,(H,19,24)(H,21,25). The zero-order valence-electron chi connectivity index (χ0n) is 14.3. The lowest BCUT2D eigenvalue weighted by atomic mass is 10.1. The summed E-state index contributed by atoms with van der Waals surface area (Å²) in [6.07, 6.45) is 4.05. The summed E-state index contributed by atoms with van der Waals surface area (Å²) in [6, 6.07) is 9.23. The Kier molecular flexibility index (Phi) is 5.45. The molecule has 1 aliphatic rings. The molecule has 7 nitrogen and oxygen atoms in total. The number of benzene rings is 1. The van der Waals surface area contributed by atoms with E-state index in [1.807, 2.05) is 16.9 Å². The molecule has 7 heteroatoms. The van der Waals surface area contributed by atoms with Gasteiger partial charge in [0.1, 0.15) is 5.69 Å². The number of aromatic nitrogens is 2. The number of carbonyl (C=O) groups excluding carboxylic acids is 2. The number of piperidine rings is 1. The van der Waals surface area contributed by atoms with Crippen LogP contribution in [0.1, 0.15) is 45.3 Å². The second-order valence-corrected chi connectivity index (χ2v) is 6.14. The summed E-state index contributed by atoms with van der Waals surface area (Å²) in [5.41, 5.74) is 1.85. The fourth-order valence-electron chi connectivity index (χ4n) is 2.96. The van der Waals surface area contributed by atoms with Crippen LogP contribution >= 0.6 is 0 Å². The van der Waals surface area contributed by atoms with Gasteiger partial charge in [0.2, 0.25) is 0 Å². The van der Waals surface area contributed by atoms with Crippen LogP contribution in [0.3, 0.4) is 0 Å². The largest absolute Gasteiger partial charge is 0.355 e. The van der Waals surface area contributed by atoms with E-state index in [0.29, 0.717) is 23.8 Å². The monoisotopic (exact) mass is 341 g/mol. The third-order valence-electron chi connectivity index (χ3n) is 4.36. The number of amides is 2. The van der Waals surface area contributed by atoms with Crippen molar-refractivity contribution in [2.75, 3.05) is 20.1 Å². The second kappa shape index (κ2) is 7.94. The molecule has 2 heterocycles. The van der Waals surface area contributed by atoms with Crippen LogP contribution in [0.15, 0.2) is 36.5 Å². The summed E-state index contributed by atoms with van der Waals surface area (Å²) in [4.78, 5) is 24.0. The number of nitrogens with one attached hydrogen (secondary N) is 3. The van der Waals surface area contributed by atoms with Gasteiger partial charge in [-0.15, -0.1) is 0 Å².